The summed E-state index contributed by atoms with van der Waals surface area (Å²) in [6.45, 7) is 2.84. The van der Waals surface area contributed by atoms with Crippen molar-refractivity contribution in [1.29, 1.82) is 0 Å². The van der Waals surface area contributed by atoms with Crippen LogP contribution in [-0.4, -0.2) is 14.7 Å². The third-order valence-electron chi connectivity index (χ3n) is 2.55. The van der Waals surface area contributed by atoms with Crippen molar-refractivity contribution in [2.45, 2.75) is 20.1 Å². The molecule has 78 valence electrons. The maximum Gasteiger partial charge on any atom is 0.134 e. The van der Waals surface area contributed by atoms with Gasteiger partial charge >= 0.3 is 0 Å². The van der Waals surface area contributed by atoms with Gasteiger partial charge in [0, 0.05) is 18.9 Å². The van der Waals surface area contributed by atoms with E-state index in [0.717, 1.165) is 6.54 Å². The van der Waals surface area contributed by atoms with E-state index in [2.05, 4.69) is 24.0 Å². The predicted octanol–water partition coefficient (Wildman–Crippen LogP) is 1.73. The molecule has 0 saturated heterocycles. The van der Waals surface area contributed by atoms with Gasteiger partial charge in [-0.15, -0.1) is 0 Å². The molecular weight excluding hydrogens is 188 g/mol. The summed E-state index contributed by atoms with van der Waals surface area (Å²) in [5, 5.41) is 9.07. The highest BCUT2D eigenvalue weighted by molar-refractivity contribution is 5.26. The number of aryl methyl sites for hydroxylation is 1. The summed E-state index contributed by atoms with van der Waals surface area (Å²) in [5.74, 6) is 0.707. The Kier molecular flexibility index (Phi) is 2.83. The van der Waals surface area contributed by atoms with Crippen LogP contribution in [0.4, 0.5) is 0 Å². The molecule has 1 aromatic heterocycles. The van der Waals surface area contributed by atoms with Crippen LogP contribution in [0.5, 0.6) is 0 Å². The minimum atomic E-state index is -0.0150. The molecule has 0 unspecified atom stereocenters. The SMILES string of the molecule is Cc1ccccc1Cn1ccnc1CO. The third kappa shape index (κ3) is 2.07. The summed E-state index contributed by atoms with van der Waals surface area (Å²) < 4.78 is 1.96. The van der Waals surface area contributed by atoms with Gasteiger partial charge in [-0.25, -0.2) is 4.98 Å². The number of aromatic nitrogens is 2. The summed E-state index contributed by atoms with van der Waals surface area (Å²) in [6.07, 6.45) is 3.60. The molecule has 0 saturated carbocycles. The number of benzene rings is 1. The van der Waals surface area contributed by atoms with Crippen molar-refractivity contribution in [3.05, 3.63) is 53.6 Å². The van der Waals surface area contributed by atoms with Crippen LogP contribution in [0.2, 0.25) is 0 Å². The summed E-state index contributed by atoms with van der Waals surface area (Å²) >= 11 is 0. The van der Waals surface area contributed by atoms with E-state index in [4.69, 9.17) is 5.11 Å². The standard InChI is InChI=1S/C12H14N2O/c1-10-4-2-3-5-11(10)8-14-7-6-13-12(14)9-15/h2-7,15H,8-9H2,1H3. The first kappa shape index (κ1) is 9.93. The van der Waals surface area contributed by atoms with Crippen LogP contribution in [0.1, 0.15) is 17.0 Å². The molecule has 3 heteroatoms. The highest BCUT2D eigenvalue weighted by Gasteiger charge is 2.03. The Morgan fingerprint density at radius 2 is 2.13 bits per heavy atom. The molecule has 0 spiro atoms. The Bertz CT molecular complexity index is 448. The predicted molar refractivity (Wildman–Crippen MR) is 58.4 cm³/mol. The molecule has 2 aromatic rings. The second-order valence-electron chi connectivity index (χ2n) is 3.56. The van der Waals surface area contributed by atoms with Gasteiger partial charge in [0.2, 0.25) is 0 Å². The number of imidazole rings is 1. The summed E-state index contributed by atoms with van der Waals surface area (Å²) in [4.78, 5) is 4.07. The second kappa shape index (κ2) is 4.28. The van der Waals surface area contributed by atoms with Crippen molar-refractivity contribution in [2.75, 3.05) is 0 Å². The lowest BCUT2D eigenvalue weighted by Crippen LogP contribution is -2.05. The van der Waals surface area contributed by atoms with Crippen LogP contribution in [0.15, 0.2) is 36.7 Å². The topological polar surface area (TPSA) is 38.0 Å². The van der Waals surface area contributed by atoms with Gasteiger partial charge < -0.3 is 9.67 Å². The highest BCUT2D eigenvalue weighted by Crippen LogP contribution is 2.10. The molecule has 0 bridgehead atoms. The molecule has 0 aliphatic heterocycles. The fraction of sp³-hybridized carbons (Fsp3) is 0.250. The van der Waals surface area contributed by atoms with Gasteiger partial charge in [-0.3, -0.25) is 0 Å². The van der Waals surface area contributed by atoms with E-state index in [0.29, 0.717) is 5.82 Å². The van der Waals surface area contributed by atoms with Gasteiger partial charge in [0.1, 0.15) is 12.4 Å². The van der Waals surface area contributed by atoms with Gasteiger partial charge in [0.05, 0.1) is 0 Å². The van der Waals surface area contributed by atoms with Crippen LogP contribution in [-0.2, 0) is 13.2 Å². The zero-order valence-corrected chi connectivity index (χ0v) is 8.72. The maximum absolute atomic E-state index is 9.07. The average molecular weight is 202 g/mol. The molecule has 1 aromatic carbocycles. The molecule has 0 aliphatic carbocycles. The molecule has 2 rings (SSSR count). The lowest BCUT2D eigenvalue weighted by molar-refractivity contribution is 0.266. The number of aliphatic hydroxyl groups excluding tert-OH is 1. The number of aliphatic hydroxyl groups is 1. The fourth-order valence-electron chi connectivity index (χ4n) is 1.61. The van der Waals surface area contributed by atoms with E-state index in [-0.39, 0.29) is 6.61 Å². The molecule has 0 atom stereocenters. The molecule has 3 nitrogen and oxygen atoms in total. The van der Waals surface area contributed by atoms with Gasteiger partial charge in [-0.1, -0.05) is 24.3 Å². The van der Waals surface area contributed by atoms with Crippen LogP contribution < -0.4 is 0 Å². The first-order valence-electron chi connectivity index (χ1n) is 4.96. The van der Waals surface area contributed by atoms with E-state index in [1.165, 1.54) is 11.1 Å². The normalized spacial score (nSPS) is 10.5. The monoisotopic (exact) mass is 202 g/mol. The average Bonchev–Trinajstić information content (AvgIpc) is 2.69. The molecule has 0 amide bonds. The minimum Gasteiger partial charge on any atom is -0.388 e. The Morgan fingerprint density at radius 1 is 1.33 bits per heavy atom. The van der Waals surface area contributed by atoms with Crippen LogP contribution >= 0.6 is 0 Å². The Balaban J connectivity index is 2.26. The summed E-state index contributed by atoms with van der Waals surface area (Å²) in [5.41, 5.74) is 2.51. The van der Waals surface area contributed by atoms with E-state index in [9.17, 15) is 0 Å². The van der Waals surface area contributed by atoms with Crippen LogP contribution in [0.3, 0.4) is 0 Å². The van der Waals surface area contributed by atoms with E-state index >= 15 is 0 Å². The van der Waals surface area contributed by atoms with E-state index < -0.39 is 0 Å². The zero-order chi connectivity index (χ0) is 10.7. The Hall–Kier alpha value is -1.61. The Morgan fingerprint density at radius 3 is 2.87 bits per heavy atom. The number of nitrogens with zero attached hydrogens (tertiary/aromatic N) is 2. The summed E-state index contributed by atoms with van der Waals surface area (Å²) in [7, 11) is 0. The number of rotatable bonds is 3. The van der Waals surface area contributed by atoms with Crippen LogP contribution in [0, 0.1) is 6.92 Å². The molecule has 0 aliphatic rings. The lowest BCUT2D eigenvalue weighted by atomic mass is 10.1. The first-order chi connectivity index (χ1) is 7.31. The largest absolute Gasteiger partial charge is 0.388 e. The minimum absolute atomic E-state index is 0.0150. The molecule has 0 radical (unpaired) electrons. The van der Waals surface area contributed by atoms with Crippen molar-refractivity contribution < 1.29 is 5.11 Å². The van der Waals surface area contributed by atoms with Gasteiger partial charge in [-0.05, 0) is 18.1 Å². The molecule has 15 heavy (non-hydrogen) atoms. The van der Waals surface area contributed by atoms with Gasteiger partial charge in [-0.2, -0.15) is 0 Å². The second-order valence-corrected chi connectivity index (χ2v) is 3.56. The van der Waals surface area contributed by atoms with Gasteiger partial charge in [0.25, 0.3) is 0 Å². The molecular formula is C12H14N2O. The van der Waals surface area contributed by atoms with Crippen molar-refractivity contribution in [2.24, 2.45) is 0 Å². The lowest BCUT2D eigenvalue weighted by Gasteiger charge is -2.08. The van der Waals surface area contributed by atoms with E-state index in [1.54, 1.807) is 6.20 Å². The molecule has 1 N–H and O–H groups in total. The first-order valence-corrected chi connectivity index (χ1v) is 4.96. The summed E-state index contributed by atoms with van der Waals surface area (Å²) in [6, 6.07) is 8.24. The maximum atomic E-state index is 9.07. The molecule has 1 heterocycles. The highest BCUT2D eigenvalue weighted by atomic mass is 16.3. The fourth-order valence-corrected chi connectivity index (χ4v) is 1.61. The Labute approximate surface area is 89.0 Å². The van der Waals surface area contributed by atoms with Crippen molar-refractivity contribution in [1.82, 2.24) is 9.55 Å². The molecule has 0 fully saturated rings. The van der Waals surface area contributed by atoms with Gasteiger partial charge in [0.15, 0.2) is 0 Å². The number of hydrogen-bond donors (Lipinski definition) is 1. The van der Waals surface area contributed by atoms with Crippen molar-refractivity contribution >= 4 is 0 Å². The zero-order valence-electron chi connectivity index (χ0n) is 8.72. The third-order valence-corrected chi connectivity index (χ3v) is 2.55. The number of hydrogen-bond acceptors (Lipinski definition) is 2. The smallest absolute Gasteiger partial charge is 0.134 e. The quantitative estimate of drug-likeness (QED) is 0.823. The van der Waals surface area contributed by atoms with Crippen LogP contribution in [0.25, 0.3) is 0 Å². The van der Waals surface area contributed by atoms with Crippen molar-refractivity contribution in [3.63, 3.8) is 0 Å². The van der Waals surface area contributed by atoms with Crippen molar-refractivity contribution in [3.8, 4) is 0 Å². The van der Waals surface area contributed by atoms with E-state index in [1.807, 2.05) is 22.9 Å².